The van der Waals surface area contributed by atoms with Crippen molar-refractivity contribution in [3.63, 3.8) is 0 Å². The van der Waals surface area contributed by atoms with Crippen molar-refractivity contribution in [3.05, 3.63) is 22.1 Å². The van der Waals surface area contributed by atoms with Gasteiger partial charge in [-0.15, -0.1) is 0 Å². The first-order valence-electron chi connectivity index (χ1n) is 6.32. The molecule has 0 aliphatic carbocycles. The van der Waals surface area contributed by atoms with Crippen LogP contribution in [-0.4, -0.2) is 14.5 Å². The summed E-state index contributed by atoms with van der Waals surface area (Å²) in [5.74, 6) is 0.762. The first-order chi connectivity index (χ1) is 8.58. The van der Waals surface area contributed by atoms with Gasteiger partial charge in [0.25, 0.3) is 0 Å². The van der Waals surface area contributed by atoms with Crippen molar-refractivity contribution in [2.24, 2.45) is 5.92 Å². The standard InChI is InChI=1S/C13H18ClN3S/c1-9(2)5-3-4-6-17-12-11(16-13(17)18)7-10(14)8-15-12/h7-9H,3-6H2,1-2H3,(H,16,18). The van der Waals surface area contributed by atoms with Crippen molar-refractivity contribution < 1.29 is 0 Å². The largest absolute Gasteiger partial charge is 0.329 e. The molecule has 0 saturated heterocycles. The Balaban J connectivity index is 2.13. The average molecular weight is 284 g/mol. The second-order valence-corrected chi connectivity index (χ2v) is 5.82. The number of aromatic nitrogens is 3. The van der Waals surface area contributed by atoms with Crippen molar-refractivity contribution in [1.82, 2.24) is 14.5 Å². The minimum absolute atomic E-state index is 0.630. The van der Waals surface area contributed by atoms with Gasteiger partial charge >= 0.3 is 0 Å². The molecule has 98 valence electrons. The summed E-state index contributed by atoms with van der Waals surface area (Å²) >= 11 is 11.2. The summed E-state index contributed by atoms with van der Waals surface area (Å²) in [6.45, 7) is 5.42. The Morgan fingerprint density at radius 1 is 1.44 bits per heavy atom. The molecule has 5 heteroatoms. The lowest BCUT2D eigenvalue weighted by atomic mass is 10.1. The zero-order chi connectivity index (χ0) is 13.1. The van der Waals surface area contributed by atoms with Gasteiger partial charge < -0.3 is 9.55 Å². The van der Waals surface area contributed by atoms with Gasteiger partial charge in [-0.3, -0.25) is 0 Å². The van der Waals surface area contributed by atoms with Crippen LogP contribution in [0.3, 0.4) is 0 Å². The summed E-state index contributed by atoms with van der Waals surface area (Å²) in [5.41, 5.74) is 1.81. The highest BCUT2D eigenvalue weighted by Crippen LogP contribution is 2.17. The van der Waals surface area contributed by atoms with E-state index in [9.17, 15) is 0 Å². The number of hydrogen-bond acceptors (Lipinski definition) is 2. The molecule has 0 spiro atoms. The Morgan fingerprint density at radius 3 is 2.94 bits per heavy atom. The Hall–Kier alpha value is -0.870. The molecule has 0 saturated carbocycles. The van der Waals surface area contributed by atoms with Gasteiger partial charge in [-0.25, -0.2) is 4.98 Å². The molecule has 2 rings (SSSR count). The predicted molar refractivity (Wildman–Crippen MR) is 78.6 cm³/mol. The van der Waals surface area contributed by atoms with Crippen molar-refractivity contribution in [1.29, 1.82) is 0 Å². The second kappa shape index (κ2) is 5.85. The average Bonchev–Trinajstić information content (AvgIpc) is 2.59. The molecule has 0 unspecified atom stereocenters. The number of H-pyrrole nitrogens is 1. The number of nitrogens with zero attached hydrogens (tertiary/aromatic N) is 2. The number of fused-ring (bicyclic) bond motifs is 1. The molecular formula is C13H18ClN3S. The molecule has 1 N–H and O–H groups in total. The van der Waals surface area contributed by atoms with Crippen LogP contribution in [0.4, 0.5) is 0 Å². The van der Waals surface area contributed by atoms with Gasteiger partial charge in [0.05, 0.1) is 10.5 Å². The first-order valence-corrected chi connectivity index (χ1v) is 7.10. The molecule has 0 radical (unpaired) electrons. The van der Waals surface area contributed by atoms with E-state index in [1.807, 2.05) is 6.07 Å². The van der Waals surface area contributed by atoms with E-state index >= 15 is 0 Å². The Bertz CT molecular complexity index is 585. The Kier molecular flexibility index (Phi) is 4.40. The van der Waals surface area contributed by atoms with E-state index in [4.69, 9.17) is 23.8 Å². The maximum atomic E-state index is 5.92. The van der Waals surface area contributed by atoms with Gasteiger partial charge in [0, 0.05) is 12.7 Å². The number of unbranched alkanes of at least 4 members (excludes halogenated alkanes) is 1. The quantitative estimate of drug-likeness (QED) is 0.644. The molecule has 0 aliphatic heterocycles. The van der Waals surface area contributed by atoms with Crippen LogP contribution >= 0.6 is 23.8 Å². The third kappa shape index (κ3) is 3.12. The predicted octanol–water partition coefficient (Wildman–Crippen LogP) is 4.57. The van der Waals surface area contributed by atoms with Crippen LogP contribution < -0.4 is 0 Å². The maximum absolute atomic E-state index is 5.92. The van der Waals surface area contributed by atoms with Crippen LogP contribution in [0.15, 0.2) is 12.3 Å². The Morgan fingerprint density at radius 2 is 2.22 bits per heavy atom. The van der Waals surface area contributed by atoms with Crippen LogP contribution in [0, 0.1) is 10.7 Å². The number of rotatable bonds is 5. The highest BCUT2D eigenvalue weighted by Gasteiger charge is 2.06. The summed E-state index contributed by atoms with van der Waals surface area (Å²) in [4.78, 5) is 7.50. The highest BCUT2D eigenvalue weighted by molar-refractivity contribution is 7.71. The summed E-state index contributed by atoms with van der Waals surface area (Å²) in [5, 5.41) is 0.630. The number of hydrogen-bond donors (Lipinski definition) is 1. The lowest BCUT2D eigenvalue weighted by Gasteiger charge is -2.05. The van der Waals surface area contributed by atoms with Gasteiger partial charge in [0.2, 0.25) is 0 Å². The van der Waals surface area contributed by atoms with Crippen molar-refractivity contribution in [2.45, 2.75) is 39.7 Å². The van der Waals surface area contributed by atoms with Gasteiger partial charge in [-0.1, -0.05) is 38.3 Å². The molecule has 2 aromatic heterocycles. The van der Waals surface area contributed by atoms with Gasteiger partial charge in [-0.05, 0) is 30.6 Å². The maximum Gasteiger partial charge on any atom is 0.179 e. The van der Waals surface area contributed by atoms with Crippen LogP contribution in [-0.2, 0) is 6.54 Å². The summed E-state index contributed by atoms with van der Waals surface area (Å²) < 4.78 is 2.78. The van der Waals surface area contributed by atoms with E-state index in [0.29, 0.717) is 5.02 Å². The van der Waals surface area contributed by atoms with E-state index in [0.717, 1.165) is 34.8 Å². The first kappa shape index (κ1) is 13.6. The van der Waals surface area contributed by atoms with Crippen LogP contribution in [0.1, 0.15) is 33.1 Å². The lowest BCUT2D eigenvalue weighted by Crippen LogP contribution is -2.00. The lowest BCUT2D eigenvalue weighted by molar-refractivity contribution is 0.510. The zero-order valence-electron chi connectivity index (χ0n) is 10.7. The van der Waals surface area contributed by atoms with Crippen molar-refractivity contribution in [3.8, 4) is 0 Å². The van der Waals surface area contributed by atoms with E-state index in [2.05, 4.69) is 28.4 Å². The normalized spacial score (nSPS) is 11.6. The zero-order valence-corrected chi connectivity index (χ0v) is 12.3. The topological polar surface area (TPSA) is 33.6 Å². The van der Waals surface area contributed by atoms with Crippen LogP contribution in [0.25, 0.3) is 11.2 Å². The molecule has 2 heterocycles. The summed E-state index contributed by atoms with van der Waals surface area (Å²) in [7, 11) is 0. The smallest absolute Gasteiger partial charge is 0.179 e. The molecule has 0 aromatic carbocycles. The second-order valence-electron chi connectivity index (χ2n) is 5.00. The molecule has 18 heavy (non-hydrogen) atoms. The van der Waals surface area contributed by atoms with Crippen LogP contribution in [0.5, 0.6) is 0 Å². The van der Waals surface area contributed by atoms with E-state index in [-0.39, 0.29) is 0 Å². The fourth-order valence-corrected chi connectivity index (χ4v) is 2.49. The SMILES string of the molecule is CC(C)CCCCn1c(=S)[nH]c2cc(Cl)cnc21. The number of nitrogens with one attached hydrogen (secondary N) is 1. The monoisotopic (exact) mass is 283 g/mol. The number of pyridine rings is 1. The molecule has 0 atom stereocenters. The fourth-order valence-electron chi connectivity index (χ4n) is 2.05. The minimum atomic E-state index is 0.630. The van der Waals surface area contributed by atoms with Crippen LogP contribution in [0.2, 0.25) is 5.02 Å². The van der Waals surface area contributed by atoms with Gasteiger partial charge in [0.15, 0.2) is 10.4 Å². The van der Waals surface area contributed by atoms with Crippen molar-refractivity contribution >= 4 is 35.0 Å². The molecular weight excluding hydrogens is 266 g/mol. The fraction of sp³-hybridized carbons (Fsp3) is 0.538. The molecule has 2 aromatic rings. The highest BCUT2D eigenvalue weighted by atomic mass is 35.5. The third-order valence-corrected chi connectivity index (χ3v) is 3.52. The number of aryl methyl sites for hydroxylation is 1. The van der Waals surface area contributed by atoms with Gasteiger partial charge in [0.1, 0.15) is 0 Å². The van der Waals surface area contributed by atoms with E-state index in [1.54, 1.807) is 6.20 Å². The molecule has 0 aliphatic rings. The molecule has 0 bridgehead atoms. The van der Waals surface area contributed by atoms with E-state index in [1.165, 1.54) is 12.8 Å². The summed E-state index contributed by atoms with van der Waals surface area (Å²) in [6, 6.07) is 1.87. The number of halogens is 1. The molecule has 0 amide bonds. The number of imidazole rings is 1. The molecule has 3 nitrogen and oxygen atoms in total. The Labute approximate surface area is 117 Å². The third-order valence-electron chi connectivity index (χ3n) is 2.99. The number of aromatic amines is 1. The van der Waals surface area contributed by atoms with Crippen molar-refractivity contribution in [2.75, 3.05) is 0 Å². The van der Waals surface area contributed by atoms with E-state index < -0.39 is 0 Å². The summed E-state index contributed by atoms with van der Waals surface area (Å²) in [6.07, 6.45) is 5.27. The molecule has 0 fully saturated rings. The van der Waals surface area contributed by atoms with Gasteiger partial charge in [-0.2, -0.15) is 0 Å². The minimum Gasteiger partial charge on any atom is -0.329 e.